The summed E-state index contributed by atoms with van der Waals surface area (Å²) in [6.45, 7) is 2.26. The first-order valence-corrected chi connectivity index (χ1v) is 7.17. The molecule has 0 fully saturated rings. The van der Waals surface area contributed by atoms with Gasteiger partial charge in [0.25, 0.3) is 0 Å². The largest absolute Gasteiger partial charge is 0.497 e. The van der Waals surface area contributed by atoms with Crippen LogP contribution in [0.25, 0.3) is 6.08 Å². The Morgan fingerprint density at radius 3 is 2.28 bits per heavy atom. The number of unbranched alkanes of at least 4 members (excludes halogenated alkanes) is 6. The number of methoxy groups -OCH3 is 1. The number of hydrogen-bond acceptors (Lipinski definition) is 1. The van der Waals surface area contributed by atoms with Gasteiger partial charge in [-0.15, -0.1) is 0 Å². The van der Waals surface area contributed by atoms with Crippen molar-refractivity contribution in [1.82, 2.24) is 0 Å². The van der Waals surface area contributed by atoms with Crippen LogP contribution in [-0.2, 0) is 0 Å². The summed E-state index contributed by atoms with van der Waals surface area (Å²) < 4.78 is 5.13. The zero-order chi connectivity index (χ0) is 13.1. The molecule has 1 rings (SSSR count). The lowest BCUT2D eigenvalue weighted by atomic mass is 10.1. The number of rotatable bonds is 9. The number of allylic oxidation sites excluding steroid dienone is 1. The standard InChI is InChI=1S/C17H26O/c1-3-4-5-6-7-8-9-10-11-16-12-14-17(18-2)15-13-16/h10-15H,3-9H2,1-2H3/b11-10+. The van der Waals surface area contributed by atoms with Gasteiger partial charge in [0.2, 0.25) is 0 Å². The van der Waals surface area contributed by atoms with E-state index in [1.54, 1.807) is 7.11 Å². The molecule has 0 N–H and O–H groups in total. The molecule has 0 amide bonds. The van der Waals surface area contributed by atoms with Gasteiger partial charge in [-0.3, -0.25) is 0 Å². The quantitative estimate of drug-likeness (QED) is 0.526. The van der Waals surface area contributed by atoms with Crippen LogP contribution >= 0.6 is 0 Å². The molecule has 0 bridgehead atoms. The van der Waals surface area contributed by atoms with Gasteiger partial charge >= 0.3 is 0 Å². The molecule has 1 nitrogen and oxygen atoms in total. The van der Waals surface area contributed by atoms with E-state index in [1.165, 1.54) is 50.5 Å². The number of benzene rings is 1. The molecule has 0 aliphatic carbocycles. The summed E-state index contributed by atoms with van der Waals surface area (Å²) in [5, 5.41) is 0. The Bertz CT molecular complexity index is 324. The molecule has 1 heteroatoms. The van der Waals surface area contributed by atoms with Gasteiger partial charge in [0.05, 0.1) is 7.11 Å². The minimum atomic E-state index is 0.920. The van der Waals surface area contributed by atoms with Gasteiger partial charge in [0.1, 0.15) is 5.75 Å². The Hall–Kier alpha value is -1.24. The molecule has 0 radical (unpaired) electrons. The summed E-state index contributed by atoms with van der Waals surface area (Å²) in [6.07, 6.45) is 13.9. The van der Waals surface area contributed by atoms with Crippen molar-refractivity contribution in [3.8, 4) is 5.75 Å². The van der Waals surface area contributed by atoms with Crippen molar-refractivity contribution in [2.24, 2.45) is 0 Å². The first kappa shape index (κ1) is 14.8. The normalized spacial score (nSPS) is 11.0. The maximum absolute atomic E-state index is 5.13. The second kappa shape index (κ2) is 9.76. The second-order valence-corrected chi connectivity index (χ2v) is 4.73. The van der Waals surface area contributed by atoms with Crippen molar-refractivity contribution in [3.63, 3.8) is 0 Å². The van der Waals surface area contributed by atoms with Crippen molar-refractivity contribution in [3.05, 3.63) is 35.9 Å². The number of hydrogen-bond donors (Lipinski definition) is 0. The van der Waals surface area contributed by atoms with Crippen LogP contribution in [0.3, 0.4) is 0 Å². The van der Waals surface area contributed by atoms with E-state index in [1.807, 2.05) is 12.1 Å². The molecule has 0 saturated carbocycles. The van der Waals surface area contributed by atoms with Gasteiger partial charge in [-0.05, 0) is 30.5 Å². The Morgan fingerprint density at radius 2 is 1.61 bits per heavy atom. The highest BCUT2D eigenvalue weighted by Gasteiger charge is 1.90. The third kappa shape index (κ3) is 6.48. The summed E-state index contributed by atoms with van der Waals surface area (Å²) in [6, 6.07) is 8.20. The lowest BCUT2D eigenvalue weighted by molar-refractivity contribution is 0.415. The molecule has 0 unspecified atom stereocenters. The maximum Gasteiger partial charge on any atom is 0.118 e. The second-order valence-electron chi connectivity index (χ2n) is 4.73. The van der Waals surface area contributed by atoms with Crippen LogP contribution in [-0.4, -0.2) is 7.11 Å². The molecule has 0 atom stereocenters. The lowest BCUT2D eigenvalue weighted by Gasteiger charge is -1.99. The molecule has 1 aromatic carbocycles. The minimum absolute atomic E-state index is 0.920. The van der Waals surface area contributed by atoms with E-state index in [-0.39, 0.29) is 0 Å². The van der Waals surface area contributed by atoms with Gasteiger partial charge in [0, 0.05) is 0 Å². The summed E-state index contributed by atoms with van der Waals surface area (Å²) >= 11 is 0. The molecule has 0 spiro atoms. The van der Waals surface area contributed by atoms with E-state index in [0.29, 0.717) is 0 Å². The highest BCUT2D eigenvalue weighted by molar-refractivity contribution is 5.50. The van der Waals surface area contributed by atoms with E-state index in [9.17, 15) is 0 Å². The van der Waals surface area contributed by atoms with Crippen molar-refractivity contribution < 1.29 is 4.74 Å². The van der Waals surface area contributed by atoms with Crippen LogP contribution in [0.15, 0.2) is 30.3 Å². The number of ether oxygens (including phenoxy) is 1. The first-order chi connectivity index (χ1) is 8.86. The molecule has 100 valence electrons. The Morgan fingerprint density at radius 1 is 0.944 bits per heavy atom. The van der Waals surface area contributed by atoms with Gasteiger partial charge in [0.15, 0.2) is 0 Å². The highest BCUT2D eigenvalue weighted by Crippen LogP contribution is 2.13. The van der Waals surface area contributed by atoms with Gasteiger partial charge < -0.3 is 4.74 Å². The monoisotopic (exact) mass is 246 g/mol. The summed E-state index contributed by atoms with van der Waals surface area (Å²) in [5.41, 5.74) is 1.25. The average molecular weight is 246 g/mol. The van der Waals surface area contributed by atoms with Gasteiger partial charge in [-0.2, -0.15) is 0 Å². The fourth-order valence-corrected chi connectivity index (χ4v) is 1.98. The first-order valence-electron chi connectivity index (χ1n) is 7.17. The Labute approximate surface area is 112 Å². The van der Waals surface area contributed by atoms with E-state index in [4.69, 9.17) is 4.74 Å². The molecule has 0 aliphatic heterocycles. The third-order valence-electron chi connectivity index (χ3n) is 3.15. The van der Waals surface area contributed by atoms with Crippen LogP contribution in [0.2, 0.25) is 0 Å². The van der Waals surface area contributed by atoms with Crippen molar-refractivity contribution >= 4 is 6.08 Å². The van der Waals surface area contributed by atoms with Crippen LogP contribution < -0.4 is 4.74 Å². The van der Waals surface area contributed by atoms with Gasteiger partial charge in [-0.1, -0.05) is 63.3 Å². The average Bonchev–Trinajstić information content (AvgIpc) is 2.42. The zero-order valence-corrected chi connectivity index (χ0v) is 11.8. The van der Waals surface area contributed by atoms with Gasteiger partial charge in [-0.25, -0.2) is 0 Å². The summed E-state index contributed by atoms with van der Waals surface area (Å²) in [4.78, 5) is 0. The Kier molecular flexibility index (Phi) is 8.03. The summed E-state index contributed by atoms with van der Waals surface area (Å²) in [5.74, 6) is 0.920. The van der Waals surface area contributed by atoms with Crippen LogP contribution in [0, 0.1) is 0 Å². The third-order valence-corrected chi connectivity index (χ3v) is 3.15. The Balaban J connectivity index is 2.12. The smallest absolute Gasteiger partial charge is 0.118 e. The van der Waals surface area contributed by atoms with Crippen LogP contribution in [0.4, 0.5) is 0 Å². The minimum Gasteiger partial charge on any atom is -0.497 e. The molecule has 18 heavy (non-hydrogen) atoms. The van der Waals surface area contributed by atoms with Crippen molar-refractivity contribution in [1.29, 1.82) is 0 Å². The lowest BCUT2D eigenvalue weighted by Crippen LogP contribution is -1.81. The molecular formula is C17H26O. The van der Waals surface area contributed by atoms with Crippen LogP contribution in [0.1, 0.15) is 57.4 Å². The fraction of sp³-hybridized carbons (Fsp3) is 0.529. The molecule has 0 aliphatic rings. The topological polar surface area (TPSA) is 9.23 Å². The molecule has 0 heterocycles. The molecule has 0 saturated heterocycles. The SMILES string of the molecule is CCCCCCCC/C=C/c1ccc(OC)cc1. The van der Waals surface area contributed by atoms with Crippen LogP contribution in [0.5, 0.6) is 5.75 Å². The zero-order valence-electron chi connectivity index (χ0n) is 11.8. The van der Waals surface area contributed by atoms with E-state index in [2.05, 4.69) is 31.2 Å². The van der Waals surface area contributed by atoms with E-state index >= 15 is 0 Å². The fourth-order valence-electron chi connectivity index (χ4n) is 1.98. The molecule has 1 aromatic rings. The molecule has 0 aromatic heterocycles. The predicted molar refractivity (Wildman–Crippen MR) is 80.0 cm³/mol. The van der Waals surface area contributed by atoms with Crippen molar-refractivity contribution in [2.45, 2.75) is 51.9 Å². The van der Waals surface area contributed by atoms with Crippen molar-refractivity contribution in [2.75, 3.05) is 7.11 Å². The maximum atomic E-state index is 5.13. The van der Waals surface area contributed by atoms with E-state index in [0.717, 1.165) is 5.75 Å². The molecular weight excluding hydrogens is 220 g/mol. The summed E-state index contributed by atoms with van der Waals surface area (Å²) in [7, 11) is 1.70. The highest BCUT2D eigenvalue weighted by atomic mass is 16.5. The predicted octanol–water partition coefficient (Wildman–Crippen LogP) is 5.46. The van der Waals surface area contributed by atoms with E-state index < -0.39 is 0 Å².